The van der Waals surface area contributed by atoms with Gasteiger partial charge in [0, 0.05) is 25.4 Å². The molecule has 7 N–H and O–H groups in total. The van der Waals surface area contributed by atoms with E-state index >= 15 is 0 Å². The highest BCUT2D eigenvalue weighted by molar-refractivity contribution is 5.93. The van der Waals surface area contributed by atoms with Crippen molar-refractivity contribution in [1.29, 1.82) is 0 Å². The fourth-order valence-electron chi connectivity index (χ4n) is 6.49. The second-order valence-corrected chi connectivity index (χ2v) is 16.3. The van der Waals surface area contributed by atoms with Crippen LogP contribution in [-0.2, 0) is 30.3 Å². The Hall–Kier alpha value is -5.63. The molecule has 1 aliphatic rings. The first kappa shape index (κ1) is 45.1. The molecule has 0 fully saturated rings. The van der Waals surface area contributed by atoms with Gasteiger partial charge in [-0.3, -0.25) is 14.6 Å². The number of hydrogen-bond acceptors (Lipinski definition) is 8. The number of rotatable bonds is 19. The van der Waals surface area contributed by atoms with E-state index in [1.54, 1.807) is 24.3 Å². The molecule has 4 rings (SSSR count). The van der Waals surface area contributed by atoms with Crippen LogP contribution in [0.2, 0.25) is 0 Å². The van der Waals surface area contributed by atoms with E-state index in [2.05, 4.69) is 26.3 Å². The molecule has 0 radical (unpaired) electrons. The van der Waals surface area contributed by atoms with E-state index in [0.717, 1.165) is 22.3 Å². The van der Waals surface area contributed by atoms with Gasteiger partial charge in [-0.25, -0.2) is 9.59 Å². The zero-order valence-electron chi connectivity index (χ0n) is 34.7. The van der Waals surface area contributed by atoms with Crippen molar-refractivity contribution in [2.75, 3.05) is 26.3 Å². The molecule has 14 nitrogen and oxygen atoms in total. The van der Waals surface area contributed by atoms with E-state index in [1.807, 2.05) is 97.0 Å². The van der Waals surface area contributed by atoms with Crippen LogP contribution in [0.5, 0.6) is 5.75 Å². The molecule has 314 valence electrons. The van der Waals surface area contributed by atoms with Gasteiger partial charge in [-0.1, -0.05) is 60.7 Å². The summed E-state index contributed by atoms with van der Waals surface area (Å²) in [7, 11) is 0. The number of fused-ring (bicyclic) bond motifs is 3. The van der Waals surface area contributed by atoms with Gasteiger partial charge in [0.25, 0.3) is 0 Å². The summed E-state index contributed by atoms with van der Waals surface area (Å²) in [6, 6.07) is 19.3. The Balaban J connectivity index is 1.50. The minimum Gasteiger partial charge on any atom is -0.488 e. The second kappa shape index (κ2) is 20.7. The summed E-state index contributed by atoms with van der Waals surface area (Å²) >= 11 is 0. The number of ether oxygens (including phenoxy) is 3. The number of carbonyl (C=O) groups is 4. The minimum absolute atomic E-state index is 0.00984. The van der Waals surface area contributed by atoms with E-state index in [0.29, 0.717) is 43.2 Å². The SMILES string of the molecule is CCNC(N)=NCCCC[C@@H](NC(=O)[C@H](Cc1ccc(OC(C)(C)C)cc1)NC(=O)[C@H](COC(C)(C)C)NC(=O)OCC1c2ccccc2-c2ccccc21)C(=O)O. The van der Waals surface area contributed by atoms with E-state index in [9.17, 15) is 24.3 Å². The first-order chi connectivity index (χ1) is 27.4. The van der Waals surface area contributed by atoms with Crippen LogP contribution in [0, 0.1) is 0 Å². The van der Waals surface area contributed by atoms with Gasteiger partial charge in [-0.15, -0.1) is 0 Å². The largest absolute Gasteiger partial charge is 0.488 e. The maximum atomic E-state index is 14.1. The maximum Gasteiger partial charge on any atom is 0.407 e. The molecular formula is C44H60N6O8. The molecule has 3 aromatic carbocycles. The Morgan fingerprint density at radius 3 is 1.93 bits per heavy atom. The summed E-state index contributed by atoms with van der Waals surface area (Å²) < 4.78 is 17.6. The lowest BCUT2D eigenvalue weighted by Gasteiger charge is -2.27. The topological polar surface area (TPSA) is 203 Å². The van der Waals surface area contributed by atoms with Crippen LogP contribution in [0.3, 0.4) is 0 Å². The molecule has 0 aliphatic heterocycles. The number of nitrogens with zero attached hydrogens (tertiary/aromatic N) is 1. The number of nitrogens with two attached hydrogens (primary N) is 1. The van der Waals surface area contributed by atoms with Crippen molar-refractivity contribution >= 4 is 29.8 Å². The Bertz CT molecular complexity index is 1840. The number of carboxylic acids is 1. The number of amides is 3. The standard InChI is InChI=1S/C44H60N6O8/c1-8-46-41(45)47-24-14-13-19-35(40(53)54)48-38(51)36(25-28-20-22-29(23-21-28)58-44(5,6)7)49-39(52)37(27-57-43(2,3)4)50-42(55)56-26-34-32-17-11-9-15-30(32)31-16-10-12-18-33(31)34/h9-12,15-18,20-23,34-37H,8,13-14,19,24-27H2,1-7H3,(H,48,51)(H,49,52)(H,50,55)(H,53,54)(H3,45,46,47)/t35-,36+,37+/m1/s1. The summed E-state index contributed by atoms with van der Waals surface area (Å²) in [5.41, 5.74) is 9.58. The van der Waals surface area contributed by atoms with E-state index in [-0.39, 0.29) is 32.0 Å². The molecule has 0 unspecified atom stereocenters. The predicted molar refractivity (Wildman–Crippen MR) is 224 cm³/mol. The Kier molecular flexibility index (Phi) is 16.1. The van der Waals surface area contributed by atoms with E-state index < -0.39 is 53.2 Å². The molecular weight excluding hydrogens is 741 g/mol. The van der Waals surface area contributed by atoms with Gasteiger partial charge in [0.15, 0.2) is 5.96 Å². The van der Waals surface area contributed by atoms with Crippen LogP contribution >= 0.6 is 0 Å². The van der Waals surface area contributed by atoms with Gasteiger partial charge in [0.05, 0.1) is 12.2 Å². The first-order valence-corrected chi connectivity index (χ1v) is 19.8. The number of aliphatic imine (C=N–C) groups is 1. The molecule has 0 saturated carbocycles. The Morgan fingerprint density at radius 1 is 0.776 bits per heavy atom. The number of aliphatic carboxylic acids is 1. The van der Waals surface area contributed by atoms with Crippen LogP contribution in [0.4, 0.5) is 4.79 Å². The average Bonchev–Trinajstić information content (AvgIpc) is 3.47. The van der Waals surface area contributed by atoms with Crippen molar-refractivity contribution in [2.45, 2.75) is 109 Å². The average molecular weight is 801 g/mol. The Morgan fingerprint density at radius 2 is 1.36 bits per heavy atom. The highest BCUT2D eigenvalue weighted by atomic mass is 16.6. The summed E-state index contributed by atoms with van der Waals surface area (Å²) in [5, 5.41) is 21.0. The number of unbranched alkanes of at least 4 members (excludes halogenated alkanes) is 1. The number of nitrogens with one attached hydrogen (secondary N) is 4. The molecule has 0 bridgehead atoms. The molecule has 0 saturated heterocycles. The normalized spacial score (nSPS) is 14.3. The maximum absolute atomic E-state index is 14.1. The fourth-order valence-corrected chi connectivity index (χ4v) is 6.49. The Labute approximate surface area is 341 Å². The number of alkyl carbamates (subject to hydrolysis) is 1. The first-order valence-electron chi connectivity index (χ1n) is 19.8. The van der Waals surface area contributed by atoms with Gasteiger partial charge >= 0.3 is 12.1 Å². The van der Waals surface area contributed by atoms with E-state index in [1.165, 1.54) is 0 Å². The summed E-state index contributed by atoms with van der Waals surface area (Å²) in [5.74, 6) is -1.91. The molecule has 58 heavy (non-hydrogen) atoms. The summed E-state index contributed by atoms with van der Waals surface area (Å²) in [4.78, 5) is 57.9. The van der Waals surface area contributed by atoms with Crippen LogP contribution in [0.25, 0.3) is 11.1 Å². The number of benzene rings is 3. The second-order valence-electron chi connectivity index (χ2n) is 16.3. The monoisotopic (exact) mass is 800 g/mol. The molecule has 0 heterocycles. The molecule has 3 aromatic rings. The van der Waals surface area contributed by atoms with Crippen LogP contribution in [-0.4, -0.2) is 90.6 Å². The van der Waals surface area contributed by atoms with Crippen molar-refractivity contribution < 1.29 is 38.5 Å². The zero-order chi connectivity index (χ0) is 42.5. The fraction of sp³-hybridized carbons (Fsp3) is 0.477. The van der Waals surface area contributed by atoms with Gasteiger partial charge < -0.3 is 46.3 Å². The van der Waals surface area contributed by atoms with Crippen LogP contribution in [0.1, 0.15) is 90.3 Å². The lowest BCUT2D eigenvalue weighted by atomic mass is 9.98. The number of hydrogen-bond donors (Lipinski definition) is 6. The number of carboxylic acid groups (broad SMARTS) is 1. The van der Waals surface area contributed by atoms with Crippen molar-refractivity contribution in [3.05, 3.63) is 89.5 Å². The zero-order valence-corrected chi connectivity index (χ0v) is 34.7. The smallest absolute Gasteiger partial charge is 0.407 e. The highest BCUT2D eigenvalue weighted by Crippen LogP contribution is 2.44. The van der Waals surface area contributed by atoms with Gasteiger partial charge in [-0.2, -0.15) is 0 Å². The van der Waals surface area contributed by atoms with Crippen LogP contribution in [0.15, 0.2) is 77.8 Å². The van der Waals surface area contributed by atoms with Crippen molar-refractivity contribution in [3.8, 4) is 16.9 Å². The lowest BCUT2D eigenvalue weighted by molar-refractivity contribution is -0.142. The quantitative estimate of drug-likeness (QED) is 0.0527. The molecule has 3 amide bonds. The minimum atomic E-state index is -1.27. The van der Waals surface area contributed by atoms with Crippen LogP contribution < -0.4 is 31.7 Å². The molecule has 3 atom stereocenters. The predicted octanol–water partition coefficient (Wildman–Crippen LogP) is 5.28. The van der Waals surface area contributed by atoms with Gasteiger partial charge in [0.1, 0.15) is 36.1 Å². The van der Waals surface area contributed by atoms with Crippen molar-refractivity contribution in [1.82, 2.24) is 21.3 Å². The molecule has 1 aliphatic carbocycles. The van der Waals surface area contributed by atoms with Gasteiger partial charge in [-0.05, 0) is 108 Å². The molecule has 14 heteroatoms. The van der Waals surface area contributed by atoms with Crippen molar-refractivity contribution in [3.63, 3.8) is 0 Å². The van der Waals surface area contributed by atoms with Gasteiger partial charge in [0.2, 0.25) is 11.8 Å². The third kappa shape index (κ3) is 14.1. The highest BCUT2D eigenvalue weighted by Gasteiger charge is 2.33. The lowest BCUT2D eigenvalue weighted by Crippen LogP contribution is -2.57. The summed E-state index contributed by atoms with van der Waals surface area (Å²) in [6.45, 7) is 13.9. The summed E-state index contributed by atoms with van der Waals surface area (Å²) in [6.07, 6.45) is 0.296. The van der Waals surface area contributed by atoms with E-state index in [4.69, 9.17) is 19.9 Å². The third-order valence-corrected chi connectivity index (χ3v) is 9.21. The third-order valence-electron chi connectivity index (χ3n) is 9.21. The van der Waals surface area contributed by atoms with Crippen molar-refractivity contribution in [2.24, 2.45) is 10.7 Å². The molecule has 0 aromatic heterocycles. The molecule has 0 spiro atoms. The number of guanidine groups is 1. The number of carbonyl (C=O) groups excluding carboxylic acids is 3.